The largest absolute Gasteiger partial charge is 0.355 e. The van der Waals surface area contributed by atoms with Crippen LogP contribution in [0.5, 0.6) is 0 Å². The van der Waals surface area contributed by atoms with Crippen LogP contribution in [-0.2, 0) is 14.4 Å². The van der Waals surface area contributed by atoms with E-state index < -0.39 is 0 Å². The second-order valence-electron chi connectivity index (χ2n) is 7.73. The molecule has 8 nitrogen and oxygen atoms in total. The Bertz CT molecular complexity index is 724. The van der Waals surface area contributed by atoms with Gasteiger partial charge in [-0.1, -0.05) is 18.2 Å². The third kappa shape index (κ3) is 7.11. The van der Waals surface area contributed by atoms with Crippen LogP contribution in [0, 0.1) is 13.8 Å². The van der Waals surface area contributed by atoms with E-state index in [2.05, 4.69) is 20.4 Å². The van der Waals surface area contributed by atoms with Crippen LogP contribution in [0.15, 0.2) is 18.2 Å². The Labute approximate surface area is 179 Å². The quantitative estimate of drug-likeness (QED) is 0.622. The van der Waals surface area contributed by atoms with Gasteiger partial charge >= 0.3 is 0 Å². The number of hydrogen-bond donors (Lipinski definition) is 2. The molecular formula is C22H35N5O3. The van der Waals surface area contributed by atoms with Crippen LogP contribution in [0.2, 0.25) is 0 Å². The maximum Gasteiger partial charge on any atom is 0.239 e. The summed E-state index contributed by atoms with van der Waals surface area (Å²) in [4.78, 5) is 42.5. The summed E-state index contributed by atoms with van der Waals surface area (Å²) in [5.41, 5.74) is 3.00. The number of aryl methyl sites for hydroxylation is 2. The third-order valence-corrected chi connectivity index (χ3v) is 5.38. The maximum atomic E-state index is 12.5. The lowest BCUT2D eigenvalue weighted by Gasteiger charge is -2.34. The summed E-state index contributed by atoms with van der Waals surface area (Å²) >= 11 is 0. The number of amides is 3. The van der Waals surface area contributed by atoms with Gasteiger partial charge in [0.2, 0.25) is 17.7 Å². The van der Waals surface area contributed by atoms with Crippen molar-refractivity contribution in [1.82, 2.24) is 20.0 Å². The minimum absolute atomic E-state index is 0.0176. The van der Waals surface area contributed by atoms with Gasteiger partial charge in [0.25, 0.3) is 0 Å². The number of nitrogens with zero attached hydrogens (tertiary/aromatic N) is 3. The molecule has 0 unspecified atom stereocenters. The zero-order valence-corrected chi connectivity index (χ0v) is 18.7. The predicted octanol–water partition coefficient (Wildman–Crippen LogP) is 0.844. The van der Waals surface area contributed by atoms with E-state index in [-0.39, 0.29) is 24.3 Å². The van der Waals surface area contributed by atoms with Crippen molar-refractivity contribution in [2.24, 2.45) is 0 Å². The fourth-order valence-electron chi connectivity index (χ4n) is 3.59. The van der Waals surface area contributed by atoms with Gasteiger partial charge in [-0.3, -0.25) is 24.2 Å². The molecule has 1 fully saturated rings. The number of rotatable bonds is 9. The zero-order chi connectivity index (χ0) is 22.1. The standard InChI is InChI=1S/C22H35N5O3/c1-5-23-19(28)15-27(6-2)21(30)16-26-12-10-25(11-13-26)14-20(29)24-22-17(3)8-7-9-18(22)4/h7-9H,5-6,10-16H2,1-4H3,(H,23,28)(H,24,29). The molecule has 0 aliphatic carbocycles. The van der Waals surface area contributed by atoms with Gasteiger partial charge in [0.05, 0.1) is 19.6 Å². The Morgan fingerprint density at radius 3 is 2.03 bits per heavy atom. The minimum Gasteiger partial charge on any atom is -0.355 e. The molecule has 3 amide bonds. The zero-order valence-electron chi connectivity index (χ0n) is 18.7. The van der Waals surface area contributed by atoms with E-state index in [4.69, 9.17) is 0 Å². The summed E-state index contributed by atoms with van der Waals surface area (Å²) in [5, 5.41) is 5.75. The lowest BCUT2D eigenvalue weighted by molar-refractivity contribution is -0.137. The van der Waals surface area contributed by atoms with Crippen molar-refractivity contribution in [2.75, 3.05) is 64.2 Å². The molecule has 166 valence electrons. The molecular weight excluding hydrogens is 382 g/mol. The Morgan fingerprint density at radius 2 is 1.50 bits per heavy atom. The lowest BCUT2D eigenvalue weighted by atomic mass is 10.1. The summed E-state index contributed by atoms with van der Waals surface area (Å²) in [7, 11) is 0. The number of benzene rings is 1. The van der Waals surface area contributed by atoms with Gasteiger partial charge in [-0.05, 0) is 38.8 Å². The van der Waals surface area contributed by atoms with Crippen LogP contribution in [0.25, 0.3) is 0 Å². The first-order valence-corrected chi connectivity index (χ1v) is 10.7. The molecule has 0 atom stereocenters. The SMILES string of the molecule is CCNC(=O)CN(CC)C(=O)CN1CCN(CC(=O)Nc2c(C)cccc2C)CC1. The number of anilines is 1. The van der Waals surface area contributed by atoms with E-state index in [1.807, 2.05) is 45.9 Å². The molecule has 0 saturated carbocycles. The Morgan fingerprint density at radius 1 is 0.933 bits per heavy atom. The van der Waals surface area contributed by atoms with E-state index in [1.54, 1.807) is 4.90 Å². The van der Waals surface area contributed by atoms with Crippen molar-refractivity contribution in [1.29, 1.82) is 0 Å². The molecule has 1 saturated heterocycles. The maximum absolute atomic E-state index is 12.5. The summed E-state index contributed by atoms with van der Waals surface area (Å²) in [6, 6.07) is 5.96. The highest BCUT2D eigenvalue weighted by atomic mass is 16.2. The first-order chi connectivity index (χ1) is 14.3. The lowest BCUT2D eigenvalue weighted by Crippen LogP contribution is -2.52. The number of likely N-dealkylation sites (N-methyl/N-ethyl adjacent to an activating group) is 2. The van der Waals surface area contributed by atoms with E-state index in [9.17, 15) is 14.4 Å². The van der Waals surface area contributed by atoms with Crippen molar-refractivity contribution in [3.05, 3.63) is 29.3 Å². The first kappa shape index (κ1) is 23.8. The molecule has 1 aliphatic rings. The number of piperazine rings is 1. The molecule has 1 aliphatic heterocycles. The molecule has 8 heteroatoms. The molecule has 1 aromatic carbocycles. The molecule has 2 rings (SSSR count). The van der Waals surface area contributed by atoms with Gasteiger partial charge in [0.15, 0.2) is 0 Å². The van der Waals surface area contributed by atoms with E-state index in [1.165, 1.54) is 0 Å². The second-order valence-corrected chi connectivity index (χ2v) is 7.73. The fourth-order valence-corrected chi connectivity index (χ4v) is 3.59. The highest BCUT2D eigenvalue weighted by Crippen LogP contribution is 2.19. The normalized spacial score (nSPS) is 14.9. The first-order valence-electron chi connectivity index (χ1n) is 10.7. The van der Waals surface area contributed by atoms with Crippen LogP contribution >= 0.6 is 0 Å². The van der Waals surface area contributed by atoms with Crippen LogP contribution in [0.4, 0.5) is 5.69 Å². The van der Waals surface area contributed by atoms with Gasteiger partial charge in [-0.25, -0.2) is 0 Å². The monoisotopic (exact) mass is 417 g/mol. The predicted molar refractivity (Wildman–Crippen MR) is 118 cm³/mol. The molecule has 2 N–H and O–H groups in total. The molecule has 0 bridgehead atoms. The Balaban J connectivity index is 1.77. The number of para-hydroxylation sites is 1. The number of hydrogen-bond acceptors (Lipinski definition) is 5. The van der Waals surface area contributed by atoms with E-state index >= 15 is 0 Å². The fraction of sp³-hybridized carbons (Fsp3) is 0.591. The number of carbonyl (C=O) groups is 3. The summed E-state index contributed by atoms with van der Waals surface area (Å²) in [6.07, 6.45) is 0. The molecule has 1 aromatic rings. The van der Waals surface area contributed by atoms with Crippen LogP contribution in [0.1, 0.15) is 25.0 Å². The van der Waals surface area contributed by atoms with Gasteiger partial charge in [0.1, 0.15) is 0 Å². The van der Waals surface area contributed by atoms with Gasteiger partial charge in [0, 0.05) is 45.0 Å². The van der Waals surface area contributed by atoms with Crippen molar-refractivity contribution >= 4 is 23.4 Å². The Hall–Kier alpha value is -2.45. The highest BCUT2D eigenvalue weighted by Gasteiger charge is 2.23. The van der Waals surface area contributed by atoms with Gasteiger partial charge < -0.3 is 15.5 Å². The minimum atomic E-state index is -0.132. The summed E-state index contributed by atoms with van der Waals surface area (Å²) < 4.78 is 0. The topological polar surface area (TPSA) is 85.0 Å². The molecule has 0 spiro atoms. The highest BCUT2D eigenvalue weighted by molar-refractivity contribution is 5.93. The number of carbonyl (C=O) groups excluding carboxylic acids is 3. The van der Waals surface area contributed by atoms with Crippen molar-refractivity contribution < 1.29 is 14.4 Å². The summed E-state index contributed by atoms with van der Waals surface area (Å²) in [6.45, 7) is 12.4. The van der Waals surface area contributed by atoms with Crippen LogP contribution < -0.4 is 10.6 Å². The van der Waals surface area contributed by atoms with Gasteiger partial charge in [-0.15, -0.1) is 0 Å². The van der Waals surface area contributed by atoms with Crippen LogP contribution in [0.3, 0.4) is 0 Å². The smallest absolute Gasteiger partial charge is 0.239 e. The Kier molecular flexibility index (Phi) is 9.26. The van der Waals surface area contributed by atoms with Crippen molar-refractivity contribution in [3.63, 3.8) is 0 Å². The van der Waals surface area contributed by atoms with Crippen LogP contribution in [-0.4, -0.2) is 91.3 Å². The summed E-state index contributed by atoms with van der Waals surface area (Å²) in [5.74, 6) is -0.187. The van der Waals surface area contributed by atoms with E-state index in [0.717, 1.165) is 43.0 Å². The molecule has 0 aromatic heterocycles. The van der Waals surface area contributed by atoms with E-state index in [0.29, 0.717) is 26.2 Å². The molecule has 30 heavy (non-hydrogen) atoms. The average molecular weight is 418 g/mol. The average Bonchev–Trinajstić information content (AvgIpc) is 2.70. The third-order valence-electron chi connectivity index (χ3n) is 5.38. The van der Waals surface area contributed by atoms with Crippen molar-refractivity contribution in [3.8, 4) is 0 Å². The second kappa shape index (κ2) is 11.7. The van der Waals surface area contributed by atoms with Crippen molar-refractivity contribution in [2.45, 2.75) is 27.7 Å². The molecule has 0 radical (unpaired) electrons. The number of nitrogens with one attached hydrogen (secondary N) is 2. The molecule has 1 heterocycles. The van der Waals surface area contributed by atoms with Gasteiger partial charge in [-0.2, -0.15) is 0 Å².